The molecule has 1 aliphatic heterocycles. The molecule has 0 spiro atoms. The molecule has 1 atom stereocenters. The molecule has 122 valence electrons. The SMILES string of the molecule is CC(C)(C)[Si](C)(C)OCCN1C(=O)C(N)Cc2ccccc21. The first-order chi connectivity index (χ1) is 10.1. The zero-order valence-corrected chi connectivity index (χ0v) is 15.3. The third-order valence-corrected chi connectivity index (χ3v) is 9.43. The summed E-state index contributed by atoms with van der Waals surface area (Å²) in [4.78, 5) is 14.2. The van der Waals surface area contributed by atoms with Gasteiger partial charge in [-0.05, 0) is 36.2 Å². The number of carbonyl (C=O) groups is 1. The van der Waals surface area contributed by atoms with Crippen molar-refractivity contribution in [2.45, 2.75) is 51.4 Å². The Morgan fingerprint density at radius 2 is 1.95 bits per heavy atom. The Labute approximate surface area is 134 Å². The van der Waals surface area contributed by atoms with Gasteiger partial charge in [0, 0.05) is 12.2 Å². The number of rotatable bonds is 4. The summed E-state index contributed by atoms with van der Waals surface area (Å²) >= 11 is 0. The molecule has 0 aromatic heterocycles. The highest BCUT2D eigenvalue weighted by Crippen LogP contribution is 2.36. The third kappa shape index (κ3) is 3.42. The van der Waals surface area contributed by atoms with Crippen LogP contribution in [0.4, 0.5) is 5.69 Å². The van der Waals surface area contributed by atoms with E-state index in [0.717, 1.165) is 11.3 Å². The normalized spacial score (nSPS) is 19.3. The van der Waals surface area contributed by atoms with Crippen LogP contribution in [-0.4, -0.2) is 33.4 Å². The zero-order chi connectivity index (χ0) is 16.5. The molecular formula is C17H28N2O2Si. The minimum atomic E-state index is -1.79. The van der Waals surface area contributed by atoms with Crippen LogP contribution in [0.2, 0.25) is 18.1 Å². The first-order valence-electron chi connectivity index (χ1n) is 7.92. The van der Waals surface area contributed by atoms with Crippen LogP contribution in [0.3, 0.4) is 0 Å². The molecule has 0 fully saturated rings. The van der Waals surface area contributed by atoms with Gasteiger partial charge in [-0.1, -0.05) is 39.0 Å². The van der Waals surface area contributed by atoms with Crippen molar-refractivity contribution in [3.63, 3.8) is 0 Å². The maximum Gasteiger partial charge on any atom is 0.244 e. The number of anilines is 1. The Kier molecular flexibility index (Phi) is 4.80. The number of para-hydroxylation sites is 1. The van der Waals surface area contributed by atoms with Gasteiger partial charge in [-0.2, -0.15) is 0 Å². The van der Waals surface area contributed by atoms with Crippen LogP contribution in [0.1, 0.15) is 26.3 Å². The van der Waals surface area contributed by atoms with Crippen molar-refractivity contribution in [2.75, 3.05) is 18.1 Å². The summed E-state index contributed by atoms with van der Waals surface area (Å²) in [5.41, 5.74) is 8.11. The summed E-state index contributed by atoms with van der Waals surface area (Å²) < 4.78 is 6.20. The second-order valence-electron chi connectivity index (χ2n) is 7.54. The lowest BCUT2D eigenvalue weighted by atomic mass is 9.98. The maximum atomic E-state index is 12.4. The first kappa shape index (κ1) is 17.2. The number of nitrogens with two attached hydrogens (primary N) is 1. The third-order valence-electron chi connectivity index (χ3n) is 4.89. The Balaban J connectivity index is 2.08. The molecule has 0 radical (unpaired) electrons. The summed E-state index contributed by atoms with van der Waals surface area (Å²) in [5.74, 6) is -0.00229. The molecule has 1 aliphatic rings. The highest BCUT2D eigenvalue weighted by atomic mass is 28.4. The smallest absolute Gasteiger partial charge is 0.244 e. The quantitative estimate of drug-likeness (QED) is 0.868. The number of fused-ring (bicyclic) bond motifs is 1. The molecule has 0 saturated heterocycles. The molecule has 4 nitrogen and oxygen atoms in total. The van der Waals surface area contributed by atoms with E-state index in [0.29, 0.717) is 19.6 Å². The fourth-order valence-electron chi connectivity index (χ4n) is 2.43. The fraction of sp³-hybridized carbons (Fsp3) is 0.588. The number of hydrogen-bond acceptors (Lipinski definition) is 3. The van der Waals surface area contributed by atoms with Crippen molar-refractivity contribution in [1.82, 2.24) is 0 Å². The summed E-state index contributed by atoms with van der Waals surface area (Å²) in [6, 6.07) is 7.55. The molecule has 1 aromatic carbocycles. The number of hydrogen-bond donors (Lipinski definition) is 1. The standard InChI is InChI=1S/C17H28N2O2Si/c1-17(2,3)22(4,5)21-11-10-19-15-9-7-6-8-13(15)12-14(18)16(19)20/h6-9,14H,10-12,18H2,1-5H3. The molecule has 1 amide bonds. The zero-order valence-electron chi connectivity index (χ0n) is 14.3. The second kappa shape index (κ2) is 6.14. The molecule has 5 heteroatoms. The van der Waals surface area contributed by atoms with Crippen molar-refractivity contribution in [3.8, 4) is 0 Å². The second-order valence-corrected chi connectivity index (χ2v) is 12.3. The Morgan fingerprint density at radius 3 is 2.59 bits per heavy atom. The number of carbonyl (C=O) groups excluding carboxylic acids is 1. The van der Waals surface area contributed by atoms with Crippen molar-refractivity contribution >= 4 is 19.9 Å². The van der Waals surface area contributed by atoms with Gasteiger partial charge in [-0.3, -0.25) is 4.79 Å². The number of benzene rings is 1. The van der Waals surface area contributed by atoms with Crippen LogP contribution < -0.4 is 10.6 Å². The van der Waals surface area contributed by atoms with E-state index >= 15 is 0 Å². The van der Waals surface area contributed by atoms with Crippen LogP contribution in [-0.2, 0) is 15.6 Å². The lowest BCUT2D eigenvalue weighted by molar-refractivity contribution is -0.120. The van der Waals surface area contributed by atoms with Crippen LogP contribution >= 0.6 is 0 Å². The largest absolute Gasteiger partial charge is 0.415 e. The maximum absolute atomic E-state index is 12.4. The van der Waals surface area contributed by atoms with Gasteiger partial charge in [0.15, 0.2) is 8.32 Å². The van der Waals surface area contributed by atoms with E-state index in [4.69, 9.17) is 10.2 Å². The van der Waals surface area contributed by atoms with Gasteiger partial charge in [-0.15, -0.1) is 0 Å². The molecule has 1 unspecified atom stereocenters. The van der Waals surface area contributed by atoms with Gasteiger partial charge in [0.05, 0.1) is 12.6 Å². The highest BCUT2D eigenvalue weighted by Gasteiger charge is 2.37. The van der Waals surface area contributed by atoms with E-state index < -0.39 is 14.4 Å². The van der Waals surface area contributed by atoms with E-state index in [1.165, 1.54) is 0 Å². The van der Waals surface area contributed by atoms with Crippen molar-refractivity contribution in [1.29, 1.82) is 0 Å². The number of nitrogens with zero attached hydrogens (tertiary/aromatic N) is 1. The predicted octanol–water partition coefficient (Wildman–Crippen LogP) is 2.92. The minimum absolute atomic E-state index is 0.00229. The Hall–Kier alpha value is -1.17. The average molecular weight is 321 g/mol. The van der Waals surface area contributed by atoms with Crippen LogP contribution in [0.25, 0.3) is 0 Å². The van der Waals surface area contributed by atoms with E-state index in [9.17, 15) is 4.79 Å². The summed E-state index contributed by atoms with van der Waals surface area (Å²) in [6.45, 7) is 12.2. The number of amides is 1. The monoisotopic (exact) mass is 320 g/mol. The van der Waals surface area contributed by atoms with Crippen molar-refractivity contribution in [2.24, 2.45) is 5.73 Å². The summed E-state index contributed by atoms with van der Waals surface area (Å²) in [6.07, 6.45) is 0.620. The van der Waals surface area contributed by atoms with Crippen LogP contribution in [0, 0.1) is 0 Å². The van der Waals surface area contributed by atoms with Gasteiger partial charge in [0.2, 0.25) is 5.91 Å². The van der Waals surface area contributed by atoms with E-state index in [1.54, 1.807) is 4.90 Å². The summed E-state index contributed by atoms with van der Waals surface area (Å²) in [7, 11) is -1.79. The predicted molar refractivity (Wildman–Crippen MR) is 93.6 cm³/mol. The van der Waals surface area contributed by atoms with Crippen molar-refractivity contribution in [3.05, 3.63) is 29.8 Å². The molecule has 0 aliphatic carbocycles. The van der Waals surface area contributed by atoms with Gasteiger partial charge < -0.3 is 15.1 Å². The fourth-order valence-corrected chi connectivity index (χ4v) is 3.46. The Bertz CT molecular complexity index is 552. The lowest BCUT2D eigenvalue weighted by Gasteiger charge is -2.38. The lowest BCUT2D eigenvalue weighted by Crippen LogP contribution is -2.51. The molecule has 2 rings (SSSR count). The van der Waals surface area contributed by atoms with Gasteiger partial charge >= 0.3 is 0 Å². The first-order valence-corrected chi connectivity index (χ1v) is 10.8. The highest BCUT2D eigenvalue weighted by molar-refractivity contribution is 6.74. The van der Waals surface area contributed by atoms with Crippen LogP contribution in [0.15, 0.2) is 24.3 Å². The molecule has 2 N–H and O–H groups in total. The summed E-state index contributed by atoms with van der Waals surface area (Å²) in [5, 5.41) is 0.174. The molecule has 1 heterocycles. The molecule has 1 aromatic rings. The molecular weight excluding hydrogens is 292 g/mol. The van der Waals surface area contributed by atoms with Gasteiger partial charge in [-0.25, -0.2) is 0 Å². The van der Waals surface area contributed by atoms with E-state index in [1.807, 2.05) is 24.3 Å². The Morgan fingerprint density at radius 1 is 1.32 bits per heavy atom. The van der Waals surface area contributed by atoms with Crippen molar-refractivity contribution < 1.29 is 9.22 Å². The van der Waals surface area contributed by atoms with Crippen LogP contribution in [0.5, 0.6) is 0 Å². The van der Waals surface area contributed by atoms with Gasteiger partial charge in [0.1, 0.15) is 0 Å². The minimum Gasteiger partial charge on any atom is -0.415 e. The van der Waals surface area contributed by atoms with E-state index in [2.05, 4.69) is 33.9 Å². The van der Waals surface area contributed by atoms with E-state index in [-0.39, 0.29) is 10.9 Å². The van der Waals surface area contributed by atoms with Gasteiger partial charge in [0.25, 0.3) is 0 Å². The average Bonchev–Trinajstić information content (AvgIpc) is 2.41. The molecule has 22 heavy (non-hydrogen) atoms. The molecule has 0 bridgehead atoms. The topological polar surface area (TPSA) is 55.6 Å². The molecule has 0 saturated carbocycles.